The first-order valence-corrected chi connectivity index (χ1v) is 7.34. The van der Waals surface area contributed by atoms with Crippen LogP contribution in [0.1, 0.15) is 31.0 Å². The van der Waals surface area contributed by atoms with E-state index in [0.717, 1.165) is 38.0 Å². The summed E-state index contributed by atoms with van der Waals surface area (Å²) in [5.41, 5.74) is 1.78. The number of hydrogen-bond acceptors (Lipinski definition) is 4. The average molecular weight is 290 g/mol. The number of amides is 1. The maximum absolute atomic E-state index is 11.6. The van der Waals surface area contributed by atoms with Crippen molar-refractivity contribution in [3.63, 3.8) is 0 Å². The molecule has 6 heteroatoms. The Bertz CT molecular complexity index is 524. The minimum absolute atomic E-state index is 0.210. The summed E-state index contributed by atoms with van der Waals surface area (Å²) in [6.07, 6.45) is 3.62. The molecule has 114 valence electrons. The van der Waals surface area contributed by atoms with Gasteiger partial charge in [0.2, 0.25) is 0 Å². The van der Waals surface area contributed by atoms with Crippen LogP contribution in [0.25, 0.3) is 0 Å². The number of piperidine rings is 1. The number of nitriles is 1. The molecule has 0 aromatic carbocycles. The molecular formula is C15H22N4O2. The van der Waals surface area contributed by atoms with E-state index in [4.69, 9.17) is 10.00 Å². The van der Waals surface area contributed by atoms with Crippen molar-refractivity contribution in [1.82, 2.24) is 14.8 Å². The van der Waals surface area contributed by atoms with Gasteiger partial charge in [-0.15, -0.1) is 0 Å². The minimum atomic E-state index is -0.210. The fourth-order valence-corrected chi connectivity index (χ4v) is 2.58. The molecule has 1 aromatic heterocycles. The van der Waals surface area contributed by atoms with Crippen molar-refractivity contribution in [1.29, 1.82) is 5.26 Å². The zero-order valence-corrected chi connectivity index (χ0v) is 12.6. The van der Waals surface area contributed by atoms with Crippen molar-refractivity contribution in [3.05, 3.63) is 23.5 Å². The summed E-state index contributed by atoms with van der Waals surface area (Å²) in [5.74, 6) is 0. The van der Waals surface area contributed by atoms with Crippen LogP contribution >= 0.6 is 0 Å². The summed E-state index contributed by atoms with van der Waals surface area (Å²) in [5, 5.41) is 12.4. The maximum Gasteiger partial charge on any atom is 0.409 e. The highest BCUT2D eigenvalue weighted by molar-refractivity contribution is 5.67. The fourth-order valence-electron chi connectivity index (χ4n) is 2.58. The predicted molar refractivity (Wildman–Crippen MR) is 78.6 cm³/mol. The average Bonchev–Trinajstić information content (AvgIpc) is 2.86. The number of carbonyl (C=O) groups is 1. The summed E-state index contributed by atoms with van der Waals surface area (Å²) in [7, 11) is 1.87. The van der Waals surface area contributed by atoms with Crippen LogP contribution in [0.15, 0.2) is 12.3 Å². The highest BCUT2D eigenvalue weighted by Gasteiger charge is 2.23. The topological polar surface area (TPSA) is 70.3 Å². The summed E-state index contributed by atoms with van der Waals surface area (Å²) in [4.78, 5) is 13.4. The van der Waals surface area contributed by atoms with Crippen LogP contribution in [-0.2, 0) is 18.3 Å². The monoisotopic (exact) mass is 290 g/mol. The molecule has 0 atom stereocenters. The fraction of sp³-hybridized carbons (Fsp3) is 0.600. The number of nitrogens with zero attached hydrogens (tertiary/aromatic N) is 3. The van der Waals surface area contributed by atoms with Gasteiger partial charge in [0.15, 0.2) is 0 Å². The van der Waals surface area contributed by atoms with E-state index in [0.29, 0.717) is 18.3 Å². The number of aromatic nitrogens is 1. The Morgan fingerprint density at radius 1 is 1.52 bits per heavy atom. The van der Waals surface area contributed by atoms with E-state index in [2.05, 4.69) is 11.4 Å². The van der Waals surface area contributed by atoms with Crippen molar-refractivity contribution < 1.29 is 9.53 Å². The first-order chi connectivity index (χ1) is 10.1. The van der Waals surface area contributed by atoms with E-state index >= 15 is 0 Å². The normalized spacial score (nSPS) is 15.8. The Morgan fingerprint density at radius 2 is 2.24 bits per heavy atom. The molecule has 1 aliphatic heterocycles. The molecule has 2 heterocycles. The molecule has 21 heavy (non-hydrogen) atoms. The second kappa shape index (κ2) is 7.14. The summed E-state index contributed by atoms with van der Waals surface area (Å²) >= 11 is 0. The predicted octanol–water partition coefficient (Wildman–Crippen LogP) is 1.61. The van der Waals surface area contributed by atoms with Crippen LogP contribution in [-0.4, -0.2) is 41.3 Å². The van der Waals surface area contributed by atoms with Gasteiger partial charge in [-0.25, -0.2) is 4.79 Å². The molecule has 0 bridgehead atoms. The molecule has 0 aliphatic carbocycles. The Morgan fingerprint density at radius 3 is 2.81 bits per heavy atom. The van der Waals surface area contributed by atoms with Gasteiger partial charge >= 0.3 is 6.09 Å². The molecule has 0 unspecified atom stereocenters. The lowest BCUT2D eigenvalue weighted by atomic mass is 10.1. The van der Waals surface area contributed by atoms with E-state index in [1.165, 1.54) is 0 Å². The van der Waals surface area contributed by atoms with Gasteiger partial charge in [0.1, 0.15) is 11.8 Å². The van der Waals surface area contributed by atoms with Crippen LogP contribution in [0.3, 0.4) is 0 Å². The van der Waals surface area contributed by atoms with Crippen molar-refractivity contribution in [2.45, 2.75) is 32.4 Å². The highest BCUT2D eigenvalue weighted by atomic mass is 16.6. The van der Waals surface area contributed by atoms with Crippen LogP contribution in [0.4, 0.5) is 4.79 Å². The van der Waals surface area contributed by atoms with Crippen molar-refractivity contribution in [2.24, 2.45) is 7.05 Å². The lowest BCUT2D eigenvalue weighted by Gasteiger charge is -2.31. The summed E-state index contributed by atoms with van der Waals surface area (Å²) in [6.45, 7) is 4.46. The van der Waals surface area contributed by atoms with E-state index < -0.39 is 0 Å². The number of hydrogen-bond donors (Lipinski definition) is 1. The maximum atomic E-state index is 11.6. The zero-order chi connectivity index (χ0) is 15.2. The third-order valence-electron chi connectivity index (χ3n) is 3.79. The summed E-state index contributed by atoms with van der Waals surface area (Å²) < 4.78 is 6.84. The van der Waals surface area contributed by atoms with E-state index in [-0.39, 0.29) is 6.09 Å². The molecule has 1 N–H and O–H groups in total. The number of aryl methyl sites for hydroxylation is 1. The molecule has 1 saturated heterocycles. The molecule has 1 amide bonds. The van der Waals surface area contributed by atoms with Gasteiger partial charge in [-0.1, -0.05) is 0 Å². The molecule has 6 nitrogen and oxygen atoms in total. The molecular weight excluding hydrogens is 268 g/mol. The molecule has 0 saturated carbocycles. The lowest BCUT2D eigenvalue weighted by Crippen LogP contribution is -2.44. The number of carbonyl (C=O) groups excluding carboxylic acids is 1. The Kier molecular flexibility index (Phi) is 5.23. The van der Waals surface area contributed by atoms with E-state index in [9.17, 15) is 4.79 Å². The molecule has 1 fully saturated rings. The molecule has 0 radical (unpaired) electrons. The van der Waals surface area contributed by atoms with Gasteiger partial charge in [-0.3, -0.25) is 0 Å². The van der Waals surface area contributed by atoms with Crippen LogP contribution < -0.4 is 5.32 Å². The van der Waals surface area contributed by atoms with E-state index in [1.807, 2.05) is 30.8 Å². The number of nitrogens with one attached hydrogen (secondary N) is 1. The first-order valence-electron chi connectivity index (χ1n) is 7.34. The van der Waals surface area contributed by atoms with Crippen LogP contribution in [0.2, 0.25) is 0 Å². The largest absolute Gasteiger partial charge is 0.450 e. The van der Waals surface area contributed by atoms with E-state index in [1.54, 1.807) is 4.90 Å². The quantitative estimate of drug-likeness (QED) is 0.914. The second-order valence-corrected chi connectivity index (χ2v) is 5.30. The lowest BCUT2D eigenvalue weighted by molar-refractivity contribution is 0.0950. The second-order valence-electron chi connectivity index (χ2n) is 5.30. The zero-order valence-electron chi connectivity index (χ0n) is 12.6. The van der Waals surface area contributed by atoms with Gasteiger partial charge in [0, 0.05) is 38.9 Å². The van der Waals surface area contributed by atoms with Gasteiger partial charge in [-0.2, -0.15) is 5.26 Å². The van der Waals surface area contributed by atoms with Crippen LogP contribution in [0.5, 0.6) is 0 Å². The third-order valence-corrected chi connectivity index (χ3v) is 3.79. The minimum Gasteiger partial charge on any atom is -0.450 e. The number of ether oxygens (including phenoxy) is 1. The first kappa shape index (κ1) is 15.4. The Balaban J connectivity index is 1.76. The summed E-state index contributed by atoms with van der Waals surface area (Å²) in [6, 6.07) is 4.47. The molecule has 1 aliphatic rings. The third kappa shape index (κ3) is 3.99. The van der Waals surface area contributed by atoms with Crippen LogP contribution in [0, 0.1) is 11.3 Å². The standard InChI is InChI=1S/C15H22N4O2/c1-3-21-15(20)19-6-4-13(5-7-19)17-10-12-8-14(9-16)18(2)11-12/h8,11,13,17H,3-7,10H2,1-2H3. The number of rotatable bonds is 4. The van der Waals surface area contributed by atoms with Gasteiger partial charge in [-0.05, 0) is 31.4 Å². The van der Waals surface area contributed by atoms with Crippen molar-refractivity contribution in [2.75, 3.05) is 19.7 Å². The van der Waals surface area contributed by atoms with Crippen molar-refractivity contribution in [3.8, 4) is 6.07 Å². The van der Waals surface area contributed by atoms with Gasteiger partial charge in [0.25, 0.3) is 0 Å². The van der Waals surface area contributed by atoms with Crippen molar-refractivity contribution >= 4 is 6.09 Å². The Hall–Kier alpha value is -2.00. The smallest absolute Gasteiger partial charge is 0.409 e. The Labute approximate surface area is 125 Å². The molecule has 2 rings (SSSR count). The molecule has 1 aromatic rings. The SMILES string of the molecule is CCOC(=O)N1CCC(NCc2cc(C#N)n(C)c2)CC1. The van der Waals surface area contributed by atoms with Gasteiger partial charge < -0.3 is 19.5 Å². The molecule has 0 spiro atoms. The van der Waals surface area contributed by atoms with Gasteiger partial charge in [0.05, 0.1) is 6.61 Å². The highest BCUT2D eigenvalue weighted by Crippen LogP contribution is 2.13. The number of likely N-dealkylation sites (tertiary alicyclic amines) is 1.